The number of aliphatic hydroxyl groups excluding tert-OH is 1. The number of benzene rings is 2. The molecule has 8 nitrogen and oxygen atoms in total. The Morgan fingerprint density at radius 2 is 1.76 bits per heavy atom. The molecule has 180 valence electrons. The Bertz CT molecular complexity index is 1090. The van der Waals surface area contributed by atoms with Crippen LogP contribution in [0.4, 0.5) is 0 Å². The molecule has 8 heteroatoms. The van der Waals surface area contributed by atoms with Crippen LogP contribution < -0.4 is 14.2 Å². The number of aliphatic hydroxyl groups is 1. The summed E-state index contributed by atoms with van der Waals surface area (Å²) in [5.74, 6) is -0.0652. The van der Waals surface area contributed by atoms with Crippen molar-refractivity contribution in [1.82, 2.24) is 9.80 Å². The van der Waals surface area contributed by atoms with Crippen molar-refractivity contribution in [3.05, 3.63) is 71.8 Å². The molecule has 0 bridgehead atoms. The molecule has 3 rings (SSSR count). The predicted octanol–water partition coefficient (Wildman–Crippen LogP) is 3.25. The van der Waals surface area contributed by atoms with Gasteiger partial charge in [0.05, 0.1) is 25.8 Å². The first-order chi connectivity index (χ1) is 16.3. The number of carbonyl (C=O) groups excluding carboxylic acids is 2. The van der Waals surface area contributed by atoms with Gasteiger partial charge < -0.3 is 29.1 Å². The van der Waals surface area contributed by atoms with Crippen LogP contribution in [0, 0.1) is 0 Å². The van der Waals surface area contributed by atoms with Crippen molar-refractivity contribution in [1.29, 1.82) is 0 Å². The lowest BCUT2D eigenvalue weighted by Gasteiger charge is -2.27. The van der Waals surface area contributed by atoms with Crippen molar-refractivity contribution in [2.75, 3.05) is 48.0 Å². The topological polar surface area (TPSA) is 88.5 Å². The number of nitrogens with zero attached hydrogens (tertiary/aromatic N) is 2. The first kappa shape index (κ1) is 24.9. The molecule has 1 atom stereocenters. The quantitative estimate of drug-likeness (QED) is 0.249. The van der Waals surface area contributed by atoms with Crippen LogP contribution in [0.5, 0.6) is 17.2 Å². The summed E-state index contributed by atoms with van der Waals surface area (Å²) < 4.78 is 16.3. The lowest BCUT2D eigenvalue weighted by Crippen LogP contribution is -2.35. The zero-order valence-corrected chi connectivity index (χ0v) is 19.9. The number of amides is 1. The minimum atomic E-state index is -0.822. The second kappa shape index (κ2) is 10.9. The van der Waals surface area contributed by atoms with Crippen molar-refractivity contribution in [2.45, 2.75) is 6.04 Å². The number of likely N-dealkylation sites (tertiary alicyclic amines) is 1. The molecule has 0 saturated carbocycles. The summed E-state index contributed by atoms with van der Waals surface area (Å²) in [6, 6.07) is 11.0. The van der Waals surface area contributed by atoms with E-state index in [1.165, 1.54) is 12.0 Å². The van der Waals surface area contributed by atoms with Crippen molar-refractivity contribution in [3.8, 4) is 17.2 Å². The minimum Gasteiger partial charge on any atom is -0.507 e. The summed E-state index contributed by atoms with van der Waals surface area (Å²) in [7, 11) is 6.82. The molecule has 0 radical (unpaired) electrons. The van der Waals surface area contributed by atoms with Gasteiger partial charge in [-0.05, 0) is 50.5 Å². The molecule has 2 aromatic carbocycles. The molecule has 2 aromatic rings. The van der Waals surface area contributed by atoms with E-state index in [1.54, 1.807) is 55.7 Å². The number of hydrogen-bond donors (Lipinski definition) is 1. The normalized spacial score (nSPS) is 17.2. The van der Waals surface area contributed by atoms with E-state index >= 15 is 0 Å². The van der Waals surface area contributed by atoms with Gasteiger partial charge in [-0.3, -0.25) is 9.59 Å². The maximum Gasteiger partial charge on any atom is 0.295 e. The number of Topliss-reactive ketones (excluding diaryl/α,β-unsaturated/α-hetero) is 1. The van der Waals surface area contributed by atoms with Gasteiger partial charge in [-0.25, -0.2) is 0 Å². The first-order valence-electron chi connectivity index (χ1n) is 10.8. The Kier molecular flexibility index (Phi) is 7.96. The average Bonchev–Trinajstić information content (AvgIpc) is 3.10. The number of ether oxygens (including phenoxy) is 3. The number of methoxy groups -OCH3 is 2. The van der Waals surface area contributed by atoms with Crippen molar-refractivity contribution in [2.24, 2.45) is 0 Å². The Morgan fingerprint density at radius 3 is 2.35 bits per heavy atom. The van der Waals surface area contributed by atoms with Gasteiger partial charge in [-0.15, -0.1) is 0 Å². The molecular formula is C26H30N2O6. The summed E-state index contributed by atoms with van der Waals surface area (Å²) in [4.78, 5) is 29.6. The van der Waals surface area contributed by atoms with Crippen LogP contribution in [0.1, 0.15) is 17.2 Å². The molecule has 1 aliphatic rings. The summed E-state index contributed by atoms with van der Waals surface area (Å²) in [6.45, 7) is 4.80. The maximum absolute atomic E-state index is 13.2. The molecule has 1 saturated heterocycles. The van der Waals surface area contributed by atoms with Gasteiger partial charge in [0.25, 0.3) is 11.7 Å². The fourth-order valence-corrected chi connectivity index (χ4v) is 3.81. The van der Waals surface area contributed by atoms with E-state index in [1.807, 2.05) is 19.0 Å². The van der Waals surface area contributed by atoms with Crippen LogP contribution in [0.15, 0.2) is 60.7 Å². The number of likely N-dealkylation sites (N-methyl/N-ethyl adjacent to an activating group) is 1. The molecule has 1 fully saturated rings. The molecular weight excluding hydrogens is 436 g/mol. The second-order valence-electron chi connectivity index (χ2n) is 8.03. The molecule has 1 heterocycles. The van der Waals surface area contributed by atoms with Gasteiger partial charge in [0.1, 0.15) is 29.6 Å². The highest BCUT2D eigenvalue weighted by Gasteiger charge is 2.47. The SMILES string of the molecule is C=CCOc1ccc(/C(O)=C2\C(=O)C(=O)N(CCN(C)C)C2c2ccc(OC)cc2OC)cc1. The van der Waals surface area contributed by atoms with E-state index in [0.29, 0.717) is 48.1 Å². The van der Waals surface area contributed by atoms with Gasteiger partial charge in [-0.1, -0.05) is 12.7 Å². The highest BCUT2D eigenvalue weighted by atomic mass is 16.5. The van der Waals surface area contributed by atoms with Crippen molar-refractivity contribution < 1.29 is 28.9 Å². The number of rotatable bonds is 10. The molecule has 0 spiro atoms. The summed E-state index contributed by atoms with van der Waals surface area (Å²) in [5, 5.41) is 11.2. The van der Waals surface area contributed by atoms with E-state index in [-0.39, 0.29) is 11.3 Å². The molecule has 1 unspecified atom stereocenters. The second-order valence-corrected chi connectivity index (χ2v) is 8.03. The molecule has 1 N–H and O–H groups in total. The summed E-state index contributed by atoms with van der Waals surface area (Å²) >= 11 is 0. The third-order valence-corrected chi connectivity index (χ3v) is 5.56. The standard InChI is InChI=1S/C26H30N2O6/c1-6-15-34-18-9-7-17(8-10-18)24(29)22-23(20-12-11-19(32-4)16-21(20)33-5)28(14-13-27(2)3)26(31)25(22)30/h6-12,16,23,29H,1,13-15H2,2-5H3/b24-22+. The Balaban J connectivity index is 2.14. The summed E-state index contributed by atoms with van der Waals surface area (Å²) in [6.07, 6.45) is 1.63. The lowest BCUT2D eigenvalue weighted by atomic mass is 9.94. The predicted molar refractivity (Wildman–Crippen MR) is 129 cm³/mol. The van der Waals surface area contributed by atoms with E-state index in [4.69, 9.17) is 14.2 Å². The number of hydrogen-bond acceptors (Lipinski definition) is 7. The molecule has 1 aliphatic heterocycles. The van der Waals surface area contributed by atoms with Gasteiger partial charge in [0.2, 0.25) is 0 Å². The third-order valence-electron chi connectivity index (χ3n) is 5.56. The van der Waals surface area contributed by atoms with Gasteiger partial charge in [0.15, 0.2) is 0 Å². The third kappa shape index (κ3) is 5.07. The monoisotopic (exact) mass is 466 g/mol. The Morgan fingerprint density at radius 1 is 1.09 bits per heavy atom. The van der Waals surface area contributed by atoms with Crippen LogP contribution in [0.25, 0.3) is 5.76 Å². The highest BCUT2D eigenvalue weighted by molar-refractivity contribution is 6.46. The minimum absolute atomic E-state index is 0.00647. The van der Waals surface area contributed by atoms with E-state index in [9.17, 15) is 14.7 Å². The maximum atomic E-state index is 13.2. The Hall–Kier alpha value is -3.78. The highest BCUT2D eigenvalue weighted by Crippen LogP contribution is 2.43. The van der Waals surface area contributed by atoms with E-state index < -0.39 is 17.7 Å². The Labute approximate surface area is 199 Å². The zero-order chi connectivity index (χ0) is 24.8. The van der Waals surface area contributed by atoms with Crippen LogP contribution >= 0.6 is 0 Å². The number of carbonyl (C=O) groups is 2. The largest absolute Gasteiger partial charge is 0.507 e. The average molecular weight is 467 g/mol. The van der Waals surface area contributed by atoms with E-state index in [0.717, 1.165) is 0 Å². The lowest BCUT2D eigenvalue weighted by molar-refractivity contribution is -0.140. The van der Waals surface area contributed by atoms with Crippen LogP contribution in [-0.4, -0.2) is 74.6 Å². The van der Waals surface area contributed by atoms with Crippen molar-refractivity contribution >= 4 is 17.4 Å². The number of ketones is 1. The summed E-state index contributed by atoms with van der Waals surface area (Å²) in [5.41, 5.74) is 0.981. The van der Waals surface area contributed by atoms with Crippen LogP contribution in [0.3, 0.4) is 0 Å². The molecule has 0 aliphatic carbocycles. The molecule has 1 amide bonds. The fraction of sp³-hybridized carbons (Fsp3) is 0.308. The fourth-order valence-electron chi connectivity index (χ4n) is 3.81. The molecule has 34 heavy (non-hydrogen) atoms. The first-order valence-corrected chi connectivity index (χ1v) is 10.8. The zero-order valence-electron chi connectivity index (χ0n) is 19.9. The van der Waals surface area contributed by atoms with Gasteiger partial charge >= 0.3 is 0 Å². The van der Waals surface area contributed by atoms with Crippen LogP contribution in [0.2, 0.25) is 0 Å². The molecule has 0 aromatic heterocycles. The van der Waals surface area contributed by atoms with Crippen LogP contribution in [-0.2, 0) is 9.59 Å². The van der Waals surface area contributed by atoms with Gasteiger partial charge in [-0.2, -0.15) is 0 Å². The van der Waals surface area contributed by atoms with Crippen molar-refractivity contribution in [3.63, 3.8) is 0 Å². The smallest absolute Gasteiger partial charge is 0.295 e. The van der Waals surface area contributed by atoms with Gasteiger partial charge in [0, 0.05) is 30.3 Å². The van der Waals surface area contributed by atoms with E-state index in [2.05, 4.69) is 6.58 Å².